The summed E-state index contributed by atoms with van der Waals surface area (Å²) < 4.78 is 5.39. The van der Waals surface area contributed by atoms with Crippen molar-refractivity contribution in [2.24, 2.45) is 0 Å². The second kappa shape index (κ2) is 9.47. The van der Waals surface area contributed by atoms with Crippen LogP contribution in [0.2, 0.25) is 0 Å². The van der Waals surface area contributed by atoms with E-state index in [9.17, 15) is 4.79 Å². The van der Waals surface area contributed by atoms with Gasteiger partial charge in [0.25, 0.3) is 0 Å². The zero-order chi connectivity index (χ0) is 15.5. The lowest BCUT2D eigenvalue weighted by molar-refractivity contribution is -0.136. The second-order valence-electron chi connectivity index (χ2n) is 6.11. The number of nitrogens with zero attached hydrogens (tertiary/aromatic N) is 2. The molecule has 136 valence electrons. The standard InChI is InChI=1S/C17H25N3O2.2ClH/c1-13-4-3-5-16(14(13)2)19-7-9-20(10-8-19)17(21)15-12-22-11-6-18-15;;/h3-5,15,18H,6-12H2,1-2H3;2*1H. The molecule has 2 heterocycles. The number of piperazine rings is 1. The minimum Gasteiger partial charge on any atom is -0.378 e. The Balaban J connectivity index is 0.00000144. The Kier molecular flexibility index (Phi) is 8.30. The van der Waals surface area contributed by atoms with Crippen LogP contribution < -0.4 is 10.2 Å². The Bertz CT molecular complexity index is 543. The average molecular weight is 376 g/mol. The zero-order valence-corrected chi connectivity index (χ0v) is 15.9. The van der Waals surface area contributed by atoms with Crippen LogP contribution in [0.15, 0.2) is 18.2 Å². The number of anilines is 1. The van der Waals surface area contributed by atoms with Crippen molar-refractivity contribution in [3.63, 3.8) is 0 Å². The fraction of sp³-hybridized carbons (Fsp3) is 0.588. The largest absolute Gasteiger partial charge is 0.378 e. The van der Waals surface area contributed by atoms with E-state index in [0.717, 1.165) is 32.7 Å². The van der Waals surface area contributed by atoms with E-state index in [1.54, 1.807) is 0 Å². The average Bonchev–Trinajstić information content (AvgIpc) is 2.58. The monoisotopic (exact) mass is 375 g/mol. The quantitative estimate of drug-likeness (QED) is 0.855. The smallest absolute Gasteiger partial charge is 0.242 e. The van der Waals surface area contributed by atoms with E-state index in [1.165, 1.54) is 16.8 Å². The summed E-state index contributed by atoms with van der Waals surface area (Å²) in [6, 6.07) is 6.27. The predicted octanol–water partition coefficient (Wildman–Crippen LogP) is 1.78. The summed E-state index contributed by atoms with van der Waals surface area (Å²) in [5.74, 6) is 0.181. The van der Waals surface area contributed by atoms with E-state index < -0.39 is 0 Å². The summed E-state index contributed by atoms with van der Waals surface area (Å²) in [6.07, 6.45) is 0. The van der Waals surface area contributed by atoms with Crippen molar-refractivity contribution in [3.05, 3.63) is 29.3 Å². The van der Waals surface area contributed by atoms with Crippen LogP contribution in [0.1, 0.15) is 11.1 Å². The molecule has 1 aromatic carbocycles. The summed E-state index contributed by atoms with van der Waals surface area (Å²) in [6.45, 7) is 9.62. The molecule has 0 aliphatic carbocycles. The van der Waals surface area contributed by atoms with Crippen molar-refractivity contribution in [3.8, 4) is 0 Å². The third-order valence-electron chi connectivity index (χ3n) is 4.73. The Morgan fingerprint density at radius 1 is 1.17 bits per heavy atom. The fourth-order valence-electron chi connectivity index (χ4n) is 3.19. The number of nitrogens with one attached hydrogen (secondary N) is 1. The Morgan fingerprint density at radius 2 is 1.88 bits per heavy atom. The zero-order valence-electron chi connectivity index (χ0n) is 14.3. The van der Waals surface area contributed by atoms with E-state index in [-0.39, 0.29) is 36.8 Å². The van der Waals surface area contributed by atoms with Crippen LogP contribution in [0.4, 0.5) is 5.69 Å². The van der Waals surface area contributed by atoms with Gasteiger partial charge in [0.1, 0.15) is 6.04 Å². The summed E-state index contributed by atoms with van der Waals surface area (Å²) in [4.78, 5) is 16.8. The van der Waals surface area contributed by atoms with Crippen LogP contribution >= 0.6 is 24.8 Å². The summed E-state index contributed by atoms with van der Waals surface area (Å²) in [7, 11) is 0. The third kappa shape index (κ3) is 4.54. The van der Waals surface area contributed by atoms with Gasteiger partial charge in [-0.2, -0.15) is 0 Å². The third-order valence-corrected chi connectivity index (χ3v) is 4.73. The lowest BCUT2D eigenvalue weighted by Crippen LogP contribution is -2.57. The van der Waals surface area contributed by atoms with E-state index in [1.807, 2.05) is 4.90 Å². The fourth-order valence-corrected chi connectivity index (χ4v) is 3.19. The first-order valence-electron chi connectivity index (χ1n) is 8.08. The van der Waals surface area contributed by atoms with Crippen LogP contribution in [0.3, 0.4) is 0 Å². The number of carbonyl (C=O) groups excluding carboxylic acids is 1. The molecule has 24 heavy (non-hydrogen) atoms. The molecule has 0 bridgehead atoms. The Labute approximate surface area is 156 Å². The molecule has 2 aliphatic heterocycles. The molecule has 1 aromatic rings. The van der Waals surface area contributed by atoms with E-state index in [0.29, 0.717) is 13.2 Å². The maximum Gasteiger partial charge on any atom is 0.242 e. The topological polar surface area (TPSA) is 44.8 Å². The van der Waals surface area contributed by atoms with E-state index in [2.05, 4.69) is 42.3 Å². The molecule has 7 heteroatoms. The van der Waals surface area contributed by atoms with Gasteiger partial charge in [0.15, 0.2) is 0 Å². The number of hydrogen-bond donors (Lipinski definition) is 1. The van der Waals surface area contributed by atoms with Crippen LogP contribution in [0.25, 0.3) is 0 Å². The number of aryl methyl sites for hydroxylation is 1. The second-order valence-corrected chi connectivity index (χ2v) is 6.11. The van der Waals surface area contributed by atoms with Gasteiger partial charge in [0, 0.05) is 38.4 Å². The van der Waals surface area contributed by atoms with Gasteiger partial charge < -0.3 is 19.9 Å². The highest BCUT2D eigenvalue weighted by atomic mass is 35.5. The number of hydrogen-bond acceptors (Lipinski definition) is 4. The number of halogens is 2. The maximum absolute atomic E-state index is 12.5. The highest BCUT2D eigenvalue weighted by Gasteiger charge is 2.29. The molecule has 2 fully saturated rings. The van der Waals surface area contributed by atoms with Crippen molar-refractivity contribution >= 4 is 36.4 Å². The highest BCUT2D eigenvalue weighted by Crippen LogP contribution is 2.24. The number of carbonyl (C=O) groups is 1. The molecule has 0 saturated carbocycles. The van der Waals surface area contributed by atoms with Gasteiger partial charge in [-0.15, -0.1) is 24.8 Å². The first-order valence-corrected chi connectivity index (χ1v) is 8.08. The highest BCUT2D eigenvalue weighted by molar-refractivity contribution is 5.85. The number of amides is 1. The van der Waals surface area contributed by atoms with Crippen molar-refractivity contribution in [2.75, 3.05) is 50.8 Å². The number of rotatable bonds is 2. The van der Waals surface area contributed by atoms with Gasteiger partial charge in [-0.25, -0.2) is 0 Å². The Morgan fingerprint density at radius 3 is 2.50 bits per heavy atom. The van der Waals surface area contributed by atoms with E-state index in [4.69, 9.17) is 4.74 Å². The molecule has 2 aliphatic rings. The van der Waals surface area contributed by atoms with Crippen LogP contribution in [0, 0.1) is 13.8 Å². The van der Waals surface area contributed by atoms with Crippen LogP contribution in [-0.4, -0.2) is 62.8 Å². The lowest BCUT2D eigenvalue weighted by atomic mass is 10.1. The number of ether oxygens (including phenoxy) is 1. The van der Waals surface area contributed by atoms with Crippen molar-refractivity contribution < 1.29 is 9.53 Å². The van der Waals surface area contributed by atoms with Crippen molar-refractivity contribution in [1.29, 1.82) is 0 Å². The Hall–Kier alpha value is -1.01. The molecule has 1 atom stereocenters. The molecule has 1 unspecified atom stereocenters. The molecule has 2 saturated heterocycles. The summed E-state index contributed by atoms with van der Waals surface area (Å²) >= 11 is 0. The first-order chi connectivity index (χ1) is 10.7. The van der Waals surface area contributed by atoms with Crippen LogP contribution in [-0.2, 0) is 9.53 Å². The molecule has 0 radical (unpaired) electrons. The molecule has 0 aromatic heterocycles. The van der Waals surface area contributed by atoms with Gasteiger partial charge in [-0.3, -0.25) is 4.79 Å². The molecule has 1 amide bonds. The molecule has 0 spiro atoms. The minimum atomic E-state index is -0.166. The van der Waals surface area contributed by atoms with Gasteiger partial charge in [-0.05, 0) is 31.0 Å². The normalized spacial score (nSPS) is 20.8. The molecule has 5 nitrogen and oxygen atoms in total. The molecular formula is C17H27Cl2N3O2. The van der Waals surface area contributed by atoms with Gasteiger partial charge in [0.05, 0.1) is 13.2 Å². The SMILES string of the molecule is Cc1cccc(N2CCN(C(=O)C3COCCN3)CC2)c1C.Cl.Cl. The predicted molar refractivity (Wildman–Crippen MR) is 102 cm³/mol. The molecule has 3 rings (SSSR count). The van der Waals surface area contributed by atoms with E-state index >= 15 is 0 Å². The van der Waals surface area contributed by atoms with Crippen molar-refractivity contribution in [2.45, 2.75) is 19.9 Å². The molecular weight excluding hydrogens is 349 g/mol. The van der Waals surface area contributed by atoms with Crippen LogP contribution in [0.5, 0.6) is 0 Å². The van der Waals surface area contributed by atoms with Gasteiger partial charge in [-0.1, -0.05) is 12.1 Å². The number of morpholine rings is 1. The first kappa shape index (κ1) is 21.0. The lowest BCUT2D eigenvalue weighted by Gasteiger charge is -2.39. The summed E-state index contributed by atoms with van der Waals surface area (Å²) in [5.41, 5.74) is 3.95. The molecule has 1 N–H and O–H groups in total. The van der Waals surface area contributed by atoms with Gasteiger partial charge in [0.2, 0.25) is 5.91 Å². The maximum atomic E-state index is 12.5. The summed E-state index contributed by atoms with van der Waals surface area (Å²) in [5, 5.41) is 3.25. The van der Waals surface area contributed by atoms with Gasteiger partial charge >= 0.3 is 0 Å². The van der Waals surface area contributed by atoms with Crippen molar-refractivity contribution in [1.82, 2.24) is 10.2 Å². The minimum absolute atomic E-state index is 0. The number of benzene rings is 1.